The standard InChI is InChI=1S/C18H18N4/c1-3-4-5-17-15(11-19)10-16(13(2)21-17)14-6-7-18-20-8-9-22(18)12-14/h6-10,12H,3-5H2,1-2H3. The van der Waals surface area contributed by atoms with Crippen LogP contribution in [0.3, 0.4) is 0 Å². The molecule has 0 aliphatic carbocycles. The molecule has 0 aliphatic heterocycles. The summed E-state index contributed by atoms with van der Waals surface area (Å²) in [7, 11) is 0. The van der Waals surface area contributed by atoms with Gasteiger partial charge in [-0.1, -0.05) is 13.3 Å². The van der Waals surface area contributed by atoms with Gasteiger partial charge in [0.1, 0.15) is 11.7 Å². The van der Waals surface area contributed by atoms with Crippen molar-refractivity contribution in [2.24, 2.45) is 0 Å². The smallest absolute Gasteiger partial charge is 0.136 e. The van der Waals surface area contributed by atoms with Crippen LogP contribution in [0.2, 0.25) is 0 Å². The second-order valence-electron chi connectivity index (χ2n) is 5.44. The second kappa shape index (κ2) is 5.98. The summed E-state index contributed by atoms with van der Waals surface area (Å²) < 4.78 is 1.98. The Bertz CT molecular complexity index is 855. The number of rotatable bonds is 4. The van der Waals surface area contributed by atoms with Crippen LogP contribution in [0.25, 0.3) is 16.8 Å². The van der Waals surface area contributed by atoms with Gasteiger partial charge in [0.25, 0.3) is 0 Å². The van der Waals surface area contributed by atoms with Crippen LogP contribution in [0.15, 0.2) is 36.8 Å². The van der Waals surface area contributed by atoms with E-state index >= 15 is 0 Å². The quantitative estimate of drug-likeness (QED) is 0.731. The summed E-state index contributed by atoms with van der Waals surface area (Å²) in [5.74, 6) is 0. The first kappa shape index (κ1) is 14.3. The van der Waals surface area contributed by atoms with Gasteiger partial charge in [-0.05, 0) is 38.0 Å². The summed E-state index contributed by atoms with van der Waals surface area (Å²) in [5, 5.41) is 9.41. The van der Waals surface area contributed by atoms with Crippen LogP contribution in [-0.4, -0.2) is 14.4 Å². The highest BCUT2D eigenvalue weighted by Gasteiger charge is 2.11. The van der Waals surface area contributed by atoms with E-state index in [1.807, 2.05) is 41.9 Å². The fourth-order valence-electron chi connectivity index (χ4n) is 2.66. The lowest BCUT2D eigenvalue weighted by Crippen LogP contribution is -2.00. The predicted octanol–water partition coefficient (Wildman–Crippen LogP) is 3.92. The summed E-state index contributed by atoms with van der Waals surface area (Å²) in [6.07, 6.45) is 8.74. The van der Waals surface area contributed by atoms with Gasteiger partial charge in [0, 0.05) is 35.4 Å². The highest BCUT2D eigenvalue weighted by Crippen LogP contribution is 2.25. The number of nitriles is 1. The minimum Gasteiger partial charge on any atom is -0.306 e. The van der Waals surface area contributed by atoms with Gasteiger partial charge in [-0.15, -0.1) is 0 Å². The predicted molar refractivity (Wildman–Crippen MR) is 86.5 cm³/mol. The lowest BCUT2D eigenvalue weighted by atomic mass is 10.0. The van der Waals surface area contributed by atoms with E-state index < -0.39 is 0 Å². The average molecular weight is 290 g/mol. The first-order valence-electron chi connectivity index (χ1n) is 7.56. The lowest BCUT2D eigenvalue weighted by molar-refractivity contribution is 0.772. The molecule has 0 amide bonds. The third kappa shape index (κ3) is 2.58. The van der Waals surface area contributed by atoms with Crippen molar-refractivity contribution in [1.82, 2.24) is 14.4 Å². The van der Waals surface area contributed by atoms with Gasteiger partial charge < -0.3 is 4.40 Å². The van der Waals surface area contributed by atoms with E-state index in [1.54, 1.807) is 6.20 Å². The molecule has 0 aliphatic rings. The van der Waals surface area contributed by atoms with Crippen molar-refractivity contribution >= 4 is 5.65 Å². The Morgan fingerprint density at radius 1 is 1.32 bits per heavy atom. The van der Waals surface area contributed by atoms with Crippen molar-refractivity contribution in [1.29, 1.82) is 5.26 Å². The summed E-state index contributed by atoms with van der Waals surface area (Å²) in [5.41, 5.74) is 5.52. The van der Waals surface area contributed by atoms with Gasteiger partial charge in [-0.25, -0.2) is 4.98 Å². The zero-order chi connectivity index (χ0) is 15.5. The first-order valence-corrected chi connectivity index (χ1v) is 7.56. The molecule has 0 radical (unpaired) electrons. The minimum atomic E-state index is 0.680. The van der Waals surface area contributed by atoms with Crippen LogP contribution in [0.5, 0.6) is 0 Å². The van der Waals surface area contributed by atoms with E-state index in [2.05, 4.69) is 23.0 Å². The first-order chi connectivity index (χ1) is 10.7. The Kier molecular flexibility index (Phi) is 3.88. The molecular formula is C18H18N4. The molecule has 0 N–H and O–H groups in total. The van der Waals surface area contributed by atoms with E-state index in [4.69, 9.17) is 0 Å². The normalized spacial score (nSPS) is 10.8. The molecule has 0 spiro atoms. The van der Waals surface area contributed by atoms with Crippen molar-refractivity contribution in [2.75, 3.05) is 0 Å². The molecule has 110 valence electrons. The largest absolute Gasteiger partial charge is 0.306 e. The van der Waals surface area contributed by atoms with Crippen LogP contribution in [0.1, 0.15) is 36.7 Å². The molecule has 3 rings (SSSR count). The van der Waals surface area contributed by atoms with Crippen molar-refractivity contribution in [3.63, 3.8) is 0 Å². The Morgan fingerprint density at radius 3 is 2.95 bits per heavy atom. The van der Waals surface area contributed by atoms with Crippen molar-refractivity contribution in [3.8, 4) is 17.2 Å². The van der Waals surface area contributed by atoms with Gasteiger partial charge >= 0.3 is 0 Å². The third-order valence-corrected chi connectivity index (χ3v) is 3.88. The molecule has 3 aromatic heterocycles. The molecule has 22 heavy (non-hydrogen) atoms. The summed E-state index contributed by atoms with van der Waals surface area (Å²) >= 11 is 0. The monoisotopic (exact) mass is 290 g/mol. The number of pyridine rings is 2. The average Bonchev–Trinajstić information content (AvgIpc) is 3.00. The maximum Gasteiger partial charge on any atom is 0.136 e. The summed E-state index contributed by atoms with van der Waals surface area (Å²) in [6.45, 7) is 4.15. The Labute approximate surface area is 130 Å². The van der Waals surface area contributed by atoms with Gasteiger partial charge in [-0.3, -0.25) is 4.98 Å². The number of unbranched alkanes of at least 4 members (excludes halogenated alkanes) is 1. The van der Waals surface area contributed by atoms with Gasteiger partial charge in [0.2, 0.25) is 0 Å². The summed E-state index contributed by atoms with van der Waals surface area (Å²) in [6, 6.07) is 8.26. The van der Waals surface area contributed by atoms with Crippen LogP contribution < -0.4 is 0 Å². The summed E-state index contributed by atoms with van der Waals surface area (Å²) in [4.78, 5) is 8.93. The van der Waals surface area contributed by atoms with E-state index in [9.17, 15) is 5.26 Å². The van der Waals surface area contributed by atoms with Gasteiger partial charge in [-0.2, -0.15) is 5.26 Å². The minimum absolute atomic E-state index is 0.680. The number of nitrogens with zero attached hydrogens (tertiary/aromatic N) is 4. The fourth-order valence-corrected chi connectivity index (χ4v) is 2.66. The number of aryl methyl sites for hydroxylation is 2. The van der Waals surface area contributed by atoms with Crippen LogP contribution in [0.4, 0.5) is 0 Å². The molecule has 0 atom stereocenters. The number of fused-ring (bicyclic) bond motifs is 1. The number of aromatic nitrogens is 3. The molecule has 0 aromatic carbocycles. The highest BCUT2D eigenvalue weighted by atomic mass is 15.0. The molecule has 0 saturated heterocycles. The molecule has 3 aromatic rings. The third-order valence-electron chi connectivity index (χ3n) is 3.88. The Morgan fingerprint density at radius 2 is 2.18 bits per heavy atom. The van der Waals surface area contributed by atoms with Crippen LogP contribution in [0, 0.1) is 18.3 Å². The molecular weight excluding hydrogens is 272 g/mol. The molecule has 0 unspecified atom stereocenters. The number of imidazole rings is 1. The molecule has 4 heteroatoms. The maximum absolute atomic E-state index is 9.41. The Balaban J connectivity index is 2.08. The molecule has 3 heterocycles. The fraction of sp³-hybridized carbons (Fsp3) is 0.278. The highest BCUT2D eigenvalue weighted by molar-refractivity contribution is 5.68. The van der Waals surface area contributed by atoms with Crippen molar-refractivity contribution in [2.45, 2.75) is 33.1 Å². The van der Waals surface area contributed by atoms with E-state index in [0.29, 0.717) is 5.56 Å². The molecule has 0 fully saturated rings. The van der Waals surface area contributed by atoms with E-state index in [-0.39, 0.29) is 0 Å². The zero-order valence-electron chi connectivity index (χ0n) is 12.9. The second-order valence-corrected chi connectivity index (χ2v) is 5.44. The SMILES string of the molecule is CCCCc1nc(C)c(-c2ccc3nccn3c2)cc1C#N. The molecule has 4 nitrogen and oxygen atoms in total. The van der Waals surface area contributed by atoms with Crippen molar-refractivity contribution in [3.05, 3.63) is 53.7 Å². The molecule has 0 bridgehead atoms. The maximum atomic E-state index is 9.41. The number of hydrogen-bond donors (Lipinski definition) is 0. The van der Waals surface area contributed by atoms with Gasteiger partial charge in [0.05, 0.1) is 11.3 Å². The molecule has 0 saturated carbocycles. The van der Waals surface area contributed by atoms with E-state index in [0.717, 1.165) is 47.4 Å². The Hall–Kier alpha value is -2.67. The van der Waals surface area contributed by atoms with E-state index in [1.165, 1.54) is 0 Å². The topological polar surface area (TPSA) is 54.0 Å². The lowest BCUT2D eigenvalue weighted by Gasteiger charge is -2.10. The zero-order valence-corrected chi connectivity index (χ0v) is 12.9. The van der Waals surface area contributed by atoms with Crippen molar-refractivity contribution < 1.29 is 0 Å². The number of hydrogen-bond acceptors (Lipinski definition) is 3. The van der Waals surface area contributed by atoms with Crippen LogP contribution >= 0.6 is 0 Å². The van der Waals surface area contributed by atoms with Crippen LogP contribution in [-0.2, 0) is 6.42 Å². The van der Waals surface area contributed by atoms with Gasteiger partial charge in [0.15, 0.2) is 0 Å².